The molecule has 176 valence electrons. The van der Waals surface area contributed by atoms with Crippen LogP contribution in [-0.4, -0.2) is 34.2 Å². The van der Waals surface area contributed by atoms with Gasteiger partial charge in [-0.05, 0) is 42.0 Å². The molecule has 0 aromatic heterocycles. The lowest BCUT2D eigenvalue weighted by Gasteiger charge is -2.49. The largest absolute Gasteiger partial charge is 0.460 e. The van der Waals surface area contributed by atoms with Gasteiger partial charge in [0.25, 0.3) is 0 Å². The van der Waals surface area contributed by atoms with Gasteiger partial charge >= 0.3 is 5.97 Å². The number of fused-ring (bicyclic) bond motifs is 2. The minimum Gasteiger partial charge on any atom is -0.460 e. The van der Waals surface area contributed by atoms with Crippen LogP contribution in [0.4, 0.5) is 0 Å². The number of esters is 1. The molecule has 3 aromatic rings. The van der Waals surface area contributed by atoms with Crippen LogP contribution >= 0.6 is 0 Å². The predicted molar refractivity (Wildman–Crippen MR) is 133 cm³/mol. The fourth-order valence-electron chi connectivity index (χ4n) is 5.76. The van der Waals surface area contributed by atoms with Crippen LogP contribution in [-0.2, 0) is 21.7 Å². The minimum atomic E-state index is -1.82. The maximum atomic E-state index is 13.6. The van der Waals surface area contributed by atoms with Crippen molar-refractivity contribution in [1.29, 1.82) is 0 Å². The molecule has 2 heterocycles. The molecule has 2 aliphatic heterocycles. The first-order valence-electron chi connectivity index (χ1n) is 12.4. The monoisotopic (exact) mass is 455 g/mol. The van der Waals surface area contributed by atoms with E-state index < -0.39 is 11.6 Å². The fraction of sp³-hybridized carbons (Fsp3) is 0.367. The summed E-state index contributed by atoms with van der Waals surface area (Å²) in [4.78, 5) is 16.2. The number of carbonyl (C=O) groups excluding carboxylic acids is 1. The summed E-state index contributed by atoms with van der Waals surface area (Å²) < 4.78 is 6.11. The smallest absolute Gasteiger partial charge is 0.347 e. The first kappa shape index (κ1) is 22.8. The topological polar surface area (TPSA) is 49.8 Å². The number of nitrogens with zero attached hydrogens (tertiary/aromatic N) is 1. The molecule has 0 saturated carbocycles. The number of aliphatic hydroxyl groups is 1. The van der Waals surface area contributed by atoms with E-state index in [1.807, 2.05) is 36.4 Å². The molecule has 0 aliphatic carbocycles. The standard InChI is InChI=1S/C30H33NO3/c1-22-11-8-9-12-23(22)21-31-26-17-10-18-27(31)20-28(19-26)34-29(32)30(33,24-13-4-2-5-14-24)25-15-6-3-7-16-25/h2-9,11-16,26-28,33H,10,17-21H2,1H3. The molecule has 2 fully saturated rings. The summed E-state index contributed by atoms with van der Waals surface area (Å²) in [5.74, 6) is -0.583. The van der Waals surface area contributed by atoms with E-state index in [4.69, 9.17) is 4.74 Å². The Kier molecular flexibility index (Phi) is 6.53. The lowest BCUT2D eigenvalue weighted by Crippen LogP contribution is -2.54. The quantitative estimate of drug-likeness (QED) is 0.509. The average molecular weight is 456 g/mol. The van der Waals surface area contributed by atoms with Gasteiger partial charge in [0.2, 0.25) is 5.60 Å². The molecule has 2 aliphatic rings. The van der Waals surface area contributed by atoms with E-state index in [-0.39, 0.29) is 6.10 Å². The summed E-state index contributed by atoms with van der Waals surface area (Å²) in [6.07, 6.45) is 4.91. The zero-order valence-electron chi connectivity index (χ0n) is 19.8. The Bertz CT molecular complexity index is 1060. The number of carbonyl (C=O) groups is 1. The predicted octanol–water partition coefficient (Wildman–Crippen LogP) is 5.36. The fourth-order valence-corrected chi connectivity index (χ4v) is 5.76. The Balaban J connectivity index is 1.35. The lowest BCUT2D eigenvalue weighted by molar-refractivity contribution is -0.173. The van der Waals surface area contributed by atoms with Crippen molar-refractivity contribution in [3.8, 4) is 0 Å². The molecule has 4 nitrogen and oxygen atoms in total. The van der Waals surface area contributed by atoms with E-state index in [1.54, 1.807) is 24.3 Å². The molecule has 0 spiro atoms. The number of aryl methyl sites for hydroxylation is 1. The highest BCUT2D eigenvalue weighted by Crippen LogP contribution is 2.38. The average Bonchev–Trinajstić information content (AvgIpc) is 2.86. The summed E-state index contributed by atoms with van der Waals surface area (Å²) in [7, 11) is 0. The summed E-state index contributed by atoms with van der Waals surface area (Å²) in [6, 6.07) is 27.6. The summed E-state index contributed by atoms with van der Waals surface area (Å²) in [6.45, 7) is 3.12. The number of ether oxygens (including phenoxy) is 1. The Labute approximate surface area is 202 Å². The third kappa shape index (κ3) is 4.40. The molecule has 0 amide bonds. The van der Waals surface area contributed by atoms with Crippen molar-refractivity contribution in [2.45, 2.75) is 69.4 Å². The zero-order chi connectivity index (χ0) is 23.5. The van der Waals surface area contributed by atoms with Crippen LogP contribution < -0.4 is 0 Å². The van der Waals surface area contributed by atoms with Crippen LogP contribution in [0.2, 0.25) is 0 Å². The minimum absolute atomic E-state index is 0.185. The van der Waals surface area contributed by atoms with Crippen LogP contribution in [0.15, 0.2) is 84.9 Å². The van der Waals surface area contributed by atoms with E-state index in [9.17, 15) is 9.90 Å². The molecule has 1 N–H and O–H groups in total. The third-order valence-corrected chi connectivity index (χ3v) is 7.65. The highest BCUT2D eigenvalue weighted by molar-refractivity contribution is 5.85. The molecular weight excluding hydrogens is 422 g/mol. The van der Waals surface area contributed by atoms with Crippen LogP contribution in [0.1, 0.15) is 54.4 Å². The van der Waals surface area contributed by atoms with Gasteiger partial charge in [-0.15, -0.1) is 0 Å². The van der Waals surface area contributed by atoms with Crippen LogP contribution in [0, 0.1) is 6.92 Å². The van der Waals surface area contributed by atoms with Gasteiger partial charge in [-0.3, -0.25) is 4.90 Å². The van der Waals surface area contributed by atoms with E-state index in [2.05, 4.69) is 36.1 Å². The van der Waals surface area contributed by atoms with Gasteiger partial charge in [0.15, 0.2) is 0 Å². The molecule has 2 saturated heterocycles. The number of benzene rings is 3. The number of piperidine rings is 2. The van der Waals surface area contributed by atoms with E-state index in [0.717, 1.165) is 32.2 Å². The van der Waals surface area contributed by atoms with E-state index in [1.165, 1.54) is 17.5 Å². The Morgan fingerprint density at radius 3 is 1.97 bits per heavy atom. The molecule has 2 atom stereocenters. The third-order valence-electron chi connectivity index (χ3n) is 7.65. The number of hydrogen-bond acceptors (Lipinski definition) is 4. The van der Waals surface area contributed by atoms with Gasteiger partial charge in [0.05, 0.1) is 0 Å². The first-order chi connectivity index (χ1) is 16.6. The molecule has 5 rings (SSSR count). The molecule has 3 aromatic carbocycles. The Hall–Kier alpha value is -2.95. The molecular formula is C30H33NO3. The highest BCUT2D eigenvalue weighted by atomic mass is 16.6. The number of hydrogen-bond donors (Lipinski definition) is 1. The van der Waals surface area contributed by atoms with Crippen molar-refractivity contribution in [2.75, 3.05) is 0 Å². The summed E-state index contributed by atoms with van der Waals surface area (Å²) in [5, 5.41) is 11.7. The van der Waals surface area contributed by atoms with Gasteiger partial charge in [-0.1, -0.05) is 91.3 Å². The van der Waals surface area contributed by atoms with Gasteiger partial charge in [-0.2, -0.15) is 0 Å². The SMILES string of the molecule is Cc1ccccc1CN1C2CCCC1CC(OC(=O)C(O)(c1ccccc1)c1ccccc1)C2. The van der Waals surface area contributed by atoms with Crippen molar-refractivity contribution in [3.63, 3.8) is 0 Å². The molecule has 0 radical (unpaired) electrons. The second-order valence-corrected chi connectivity index (χ2v) is 9.78. The maximum absolute atomic E-state index is 13.6. The highest BCUT2D eigenvalue weighted by Gasteiger charge is 2.45. The molecule has 2 bridgehead atoms. The van der Waals surface area contributed by atoms with E-state index in [0.29, 0.717) is 23.2 Å². The van der Waals surface area contributed by atoms with Crippen molar-refractivity contribution < 1.29 is 14.6 Å². The Morgan fingerprint density at radius 1 is 0.882 bits per heavy atom. The molecule has 2 unspecified atom stereocenters. The van der Waals surface area contributed by atoms with E-state index >= 15 is 0 Å². The van der Waals surface area contributed by atoms with Gasteiger partial charge in [0, 0.05) is 31.5 Å². The number of rotatable bonds is 6. The summed E-state index contributed by atoms with van der Waals surface area (Å²) in [5.41, 5.74) is 1.93. The Morgan fingerprint density at radius 2 is 1.41 bits per heavy atom. The van der Waals surface area contributed by atoms with Crippen molar-refractivity contribution in [2.24, 2.45) is 0 Å². The van der Waals surface area contributed by atoms with Gasteiger partial charge in [-0.25, -0.2) is 4.79 Å². The van der Waals surface area contributed by atoms with Crippen molar-refractivity contribution >= 4 is 5.97 Å². The van der Waals surface area contributed by atoms with Crippen LogP contribution in [0.25, 0.3) is 0 Å². The zero-order valence-corrected chi connectivity index (χ0v) is 19.8. The van der Waals surface area contributed by atoms with Crippen LogP contribution in [0.3, 0.4) is 0 Å². The van der Waals surface area contributed by atoms with Crippen LogP contribution in [0.5, 0.6) is 0 Å². The second-order valence-electron chi connectivity index (χ2n) is 9.78. The van der Waals surface area contributed by atoms with Gasteiger partial charge < -0.3 is 9.84 Å². The lowest BCUT2D eigenvalue weighted by atomic mass is 9.82. The van der Waals surface area contributed by atoms with Gasteiger partial charge in [0.1, 0.15) is 6.10 Å². The van der Waals surface area contributed by atoms with Crippen molar-refractivity contribution in [1.82, 2.24) is 4.90 Å². The first-order valence-corrected chi connectivity index (χ1v) is 12.4. The maximum Gasteiger partial charge on any atom is 0.347 e. The molecule has 4 heteroatoms. The van der Waals surface area contributed by atoms with Crippen molar-refractivity contribution in [3.05, 3.63) is 107 Å². The summed E-state index contributed by atoms with van der Waals surface area (Å²) >= 11 is 0. The normalized spacial score (nSPS) is 22.8. The molecule has 34 heavy (non-hydrogen) atoms. The second kappa shape index (κ2) is 9.73.